The van der Waals surface area contributed by atoms with Crippen LogP contribution in [0.4, 0.5) is 0 Å². The summed E-state index contributed by atoms with van der Waals surface area (Å²) in [6, 6.07) is 0. The summed E-state index contributed by atoms with van der Waals surface area (Å²) in [6.45, 7) is 6.40. The molecular weight excluding hydrogens is 865 g/mol. The number of hydrogen-bond donors (Lipinski definition) is 0. The lowest BCUT2D eigenvalue weighted by Gasteiger charge is -2.18. The van der Waals surface area contributed by atoms with E-state index in [1.807, 2.05) is 0 Å². The van der Waals surface area contributed by atoms with Gasteiger partial charge in [-0.25, -0.2) is 0 Å². The van der Waals surface area contributed by atoms with Gasteiger partial charge < -0.3 is 14.2 Å². The molecule has 1 atom stereocenters. The lowest BCUT2D eigenvalue weighted by atomic mass is 10.0. The van der Waals surface area contributed by atoms with Crippen LogP contribution in [0.2, 0.25) is 0 Å². The standard InChI is InChI=1S/C64H104O6/c1-4-7-10-13-16-19-22-25-26-27-28-29-30-31-32-33-34-35-36-37-38-40-42-45-48-51-54-57-63(66)69-60-61(59-68-62(65)56-53-50-47-44-41-24-21-18-15-12-9-6-3)70-64(67)58-55-52-49-46-43-39-23-20-17-14-11-8-5-2/h7,10-11,14,16,19-20,23,25-26,28-29,31-32,34-35,37-38,42,45,61H,4-6,8-9,12-13,15,17-18,21-22,24,27,30,33,36,39-41,43-44,46-60H2,1-3H3/b10-7-,14-11-,19-16-,23-20-,26-25-,29-28-,32-31-,35-34-,38-37-,45-42-. The van der Waals surface area contributed by atoms with E-state index in [0.717, 1.165) is 135 Å². The first kappa shape index (κ1) is 65.8. The van der Waals surface area contributed by atoms with E-state index < -0.39 is 6.10 Å². The minimum atomic E-state index is -0.804. The molecule has 396 valence electrons. The molecule has 70 heavy (non-hydrogen) atoms. The zero-order valence-electron chi connectivity index (χ0n) is 45.2. The van der Waals surface area contributed by atoms with Crippen molar-refractivity contribution in [3.05, 3.63) is 122 Å². The molecule has 0 saturated carbocycles. The number of ether oxygens (including phenoxy) is 3. The fourth-order valence-electron chi connectivity index (χ4n) is 7.44. The van der Waals surface area contributed by atoms with Gasteiger partial charge in [0.2, 0.25) is 0 Å². The summed E-state index contributed by atoms with van der Waals surface area (Å²) >= 11 is 0. The van der Waals surface area contributed by atoms with Gasteiger partial charge in [0.25, 0.3) is 0 Å². The first-order valence-corrected chi connectivity index (χ1v) is 28.5. The van der Waals surface area contributed by atoms with Crippen LogP contribution in [0.15, 0.2) is 122 Å². The molecule has 1 unspecified atom stereocenters. The number of esters is 3. The Kier molecular flexibility index (Phi) is 54.0. The van der Waals surface area contributed by atoms with E-state index in [9.17, 15) is 14.4 Å². The molecule has 6 nitrogen and oxygen atoms in total. The summed E-state index contributed by atoms with van der Waals surface area (Å²) in [5, 5.41) is 0. The van der Waals surface area contributed by atoms with Crippen LogP contribution in [0.1, 0.15) is 245 Å². The Hall–Kier alpha value is -4.19. The molecule has 0 aromatic carbocycles. The highest BCUT2D eigenvalue weighted by Crippen LogP contribution is 2.14. The van der Waals surface area contributed by atoms with Crippen LogP contribution in [0.5, 0.6) is 0 Å². The Labute approximate surface area is 431 Å². The molecule has 0 heterocycles. The number of carbonyl (C=O) groups excluding carboxylic acids is 3. The van der Waals surface area contributed by atoms with E-state index in [4.69, 9.17) is 14.2 Å². The fraction of sp³-hybridized carbons (Fsp3) is 0.641. The van der Waals surface area contributed by atoms with Crippen molar-refractivity contribution in [2.45, 2.75) is 252 Å². The van der Waals surface area contributed by atoms with E-state index in [2.05, 4.69) is 142 Å². The highest BCUT2D eigenvalue weighted by molar-refractivity contribution is 5.71. The number of rotatable bonds is 50. The van der Waals surface area contributed by atoms with E-state index in [1.54, 1.807) is 0 Å². The Morgan fingerprint density at radius 1 is 0.300 bits per heavy atom. The molecule has 0 amide bonds. The minimum absolute atomic E-state index is 0.0986. The molecule has 0 radical (unpaired) electrons. The van der Waals surface area contributed by atoms with Gasteiger partial charge in [-0.05, 0) is 109 Å². The molecule has 0 aromatic rings. The summed E-state index contributed by atoms with van der Waals surface area (Å²) in [6.07, 6.45) is 79.1. The highest BCUT2D eigenvalue weighted by atomic mass is 16.6. The average Bonchev–Trinajstić information content (AvgIpc) is 3.36. The summed E-state index contributed by atoms with van der Waals surface area (Å²) in [5.74, 6) is -0.962. The van der Waals surface area contributed by atoms with Crippen molar-refractivity contribution in [2.24, 2.45) is 0 Å². The molecule has 0 N–H and O–H groups in total. The maximum atomic E-state index is 12.8. The van der Waals surface area contributed by atoms with Crippen LogP contribution in [0, 0.1) is 0 Å². The lowest BCUT2D eigenvalue weighted by Crippen LogP contribution is -2.30. The fourth-order valence-corrected chi connectivity index (χ4v) is 7.44. The van der Waals surface area contributed by atoms with Crippen LogP contribution in [-0.2, 0) is 28.6 Å². The van der Waals surface area contributed by atoms with Gasteiger partial charge in [0.15, 0.2) is 6.10 Å². The number of unbranched alkanes of at least 4 members (excludes halogenated alkanes) is 19. The summed E-state index contributed by atoms with van der Waals surface area (Å²) in [5.41, 5.74) is 0. The molecule has 6 heteroatoms. The van der Waals surface area contributed by atoms with Crippen LogP contribution in [-0.4, -0.2) is 37.2 Å². The van der Waals surface area contributed by atoms with E-state index in [1.165, 1.54) is 64.2 Å². The van der Waals surface area contributed by atoms with Crippen molar-refractivity contribution >= 4 is 17.9 Å². The van der Waals surface area contributed by atoms with Gasteiger partial charge in [-0.2, -0.15) is 0 Å². The Morgan fingerprint density at radius 2 is 0.586 bits per heavy atom. The zero-order chi connectivity index (χ0) is 50.7. The first-order valence-electron chi connectivity index (χ1n) is 28.5. The van der Waals surface area contributed by atoms with Gasteiger partial charge >= 0.3 is 17.9 Å². The Morgan fingerprint density at radius 3 is 0.957 bits per heavy atom. The van der Waals surface area contributed by atoms with Crippen molar-refractivity contribution in [3.8, 4) is 0 Å². The molecule has 0 aromatic heterocycles. The van der Waals surface area contributed by atoms with E-state index in [-0.39, 0.29) is 31.1 Å². The third kappa shape index (κ3) is 54.7. The van der Waals surface area contributed by atoms with Gasteiger partial charge in [0.1, 0.15) is 13.2 Å². The Balaban J connectivity index is 4.41. The summed E-state index contributed by atoms with van der Waals surface area (Å²) < 4.78 is 16.8. The predicted octanol–water partition coefficient (Wildman–Crippen LogP) is 19.3. The van der Waals surface area contributed by atoms with Crippen LogP contribution < -0.4 is 0 Å². The van der Waals surface area contributed by atoms with Crippen molar-refractivity contribution in [3.63, 3.8) is 0 Å². The SMILES string of the molecule is CC/C=C\C/C=C\C/C=C\C/C=C\C/C=C\C/C=C\C/C=C\C/C=C\CCCCC(=O)OCC(COC(=O)CCCCCCCCCCCCCC)OC(=O)CCCCCCC/C=C\C/C=C\CCC. The third-order valence-corrected chi connectivity index (χ3v) is 11.7. The van der Waals surface area contributed by atoms with E-state index in [0.29, 0.717) is 25.7 Å². The highest BCUT2D eigenvalue weighted by Gasteiger charge is 2.19. The van der Waals surface area contributed by atoms with Crippen molar-refractivity contribution in [2.75, 3.05) is 13.2 Å². The van der Waals surface area contributed by atoms with E-state index >= 15 is 0 Å². The topological polar surface area (TPSA) is 78.9 Å². The van der Waals surface area contributed by atoms with Crippen LogP contribution in [0.25, 0.3) is 0 Å². The number of allylic oxidation sites excluding steroid dienone is 20. The Bertz CT molecular complexity index is 1490. The molecule has 0 bridgehead atoms. The summed E-state index contributed by atoms with van der Waals surface area (Å²) in [4.78, 5) is 38.0. The predicted molar refractivity (Wildman–Crippen MR) is 302 cm³/mol. The normalized spacial score (nSPS) is 13.0. The van der Waals surface area contributed by atoms with Crippen molar-refractivity contribution < 1.29 is 28.6 Å². The van der Waals surface area contributed by atoms with Gasteiger partial charge in [-0.3, -0.25) is 14.4 Å². The second-order valence-electron chi connectivity index (χ2n) is 18.5. The van der Waals surface area contributed by atoms with Gasteiger partial charge in [-0.1, -0.05) is 239 Å². The molecule has 0 aliphatic rings. The lowest BCUT2D eigenvalue weighted by molar-refractivity contribution is -0.167. The monoisotopic (exact) mass is 969 g/mol. The number of carbonyl (C=O) groups is 3. The second-order valence-corrected chi connectivity index (χ2v) is 18.5. The van der Waals surface area contributed by atoms with Gasteiger partial charge in [0, 0.05) is 19.3 Å². The van der Waals surface area contributed by atoms with Crippen molar-refractivity contribution in [1.82, 2.24) is 0 Å². The maximum absolute atomic E-state index is 12.8. The molecule has 0 spiro atoms. The molecule has 0 saturated heterocycles. The minimum Gasteiger partial charge on any atom is -0.462 e. The first-order chi connectivity index (χ1) is 34.5. The molecule has 0 fully saturated rings. The molecule has 0 rings (SSSR count). The quantitative estimate of drug-likeness (QED) is 0.0262. The maximum Gasteiger partial charge on any atom is 0.306 e. The third-order valence-electron chi connectivity index (χ3n) is 11.7. The molecule has 0 aliphatic carbocycles. The smallest absolute Gasteiger partial charge is 0.306 e. The van der Waals surface area contributed by atoms with Crippen LogP contribution >= 0.6 is 0 Å². The second kappa shape index (κ2) is 57.4. The number of hydrogen-bond acceptors (Lipinski definition) is 6. The summed E-state index contributed by atoms with van der Waals surface area (Å²) in [7, 11) is 0. The largest absolute Gasteiger partial charge is 0.462 e. The van der Waals surface area contributed by atoms with Crippen LogP contribution in [0.3, 0.4) is 0 Å². The van der Waals surface area contributed by atoms with Gasteiger partial charge in [0.05, 0.1) is 0 Å². The zero-order valence-corrected chi connectivity index (χ0v) is 45.2. The molecule has 0 aliphatic heterocycles. The average molecular weight is 970 g/mol. The molecular formula is C64H104O6. The van der Waals surface area contributed by atoms with Gasteiger partial charge in [-0.15, -0.1) is 0 Å². The van der Waals surface area contributed by atoms with Crippen molar-refractivity contribution in [1.29, 1.82) is 0 Å².